The second-order valence-corrected chi connectivity index (χ2v) is 5.46. The average molecular weight is 285 g/mol. The number of rotatable bonds is 6. The normalized spacial score (nSPS) is 24.0. The molecule has 0 aliphatic carbocycles. The quantitative estimate of drug-likeness (QED) is 0.789. The molecule has 1 atom stereocenters. The van der Waals surface area contributed by atoms with Gasteiger partial charge in [-0.1, -0.05) is 0 Å². The maximum atomic E-state index is 12.1. The third-order valence-electron chi connectivity index (χ3n) is 3.94. The second-order valence-electron chi connectivity index (χ2n) is 5.46. The maximum Gasteiger partial charge on any atom is 0.329 e. The van der Waals surface area contributed by atoms with Gasteiger partial charge >= 0.3 is 5.97 Å². The summed E-state index contributed by atoms with van der Waals surface area (Å²) < 4.78 is 10.8. The first-order valence-corrected chi connectivity index (χ1v) is 7.38. The highest BCUT2D eigenvalue weighted by atomic mass is 16.5. The van der Waals surface area contributed by atoms with Crippen LogP contribution in [0, 0.1) is 0 Å². The van der Waals surface area contributed by atoms with Crippen LogP contribution >= 0.6 is 0 Å². The largest absolute Gasteiger partial charge is 0.480 e. The van der Waals surface area contributed by atoms with Crippen molar-refractivity contribution in [2.75, 3.05) is 26.3 Å². The Kier molecular flexibility index (Phi) is 5.79. The lowest BCUT2D eigenvalue weighted by molar-refractivity contribution is -0.147. The molecule has 0 saturated carbocycles. The van der Waals surface area contributed by atoms with Crippen LogP contribution in [0.5, 0.6) is 0 Å². The number of carbonyl (C=O) groups is 2. The standard InChI is InChI=1S/C14H23NO5/c16-13(4-3-11-2-1-9-19-11)15-7-5-12(6-8-15)20-10-14(17)18/h11-12H,1-10H2,(H,17,18). The Bertz CT molecular complexity index is 332. The summed E-state index contributed by atoms with van der Waals surface area (Å²) in [6.45, 7) is 1.89. The predicted octanol–water partition coefficient (Wildman–Crippen LogP) is 1.04. The third kappa shape index (κ3) is 4.76. The van der Waals surface area contributed by atoms with Crippen LogP contribution in [0.4, 0.5) is 0 Å². The molecule has 0 aromatic heterocycles. The molecule has 0 radical (unpaired) electrons. The summed E-state index contributed by atoms with van der Waals surface area (Å²) in [7, 11) is 0. The van der Waals surface area contributed by atoms with Gasteiger partial charge in [-0.25, -0.2) is 4.79 Å². The molecule has 114 valence electrons. The van der Waals surface area contributed by atoms with E-state index < -0.39 is 5.97 Å². The van der Waals surface area contributed by atoms with Crippen molar-refractivity contribution in [3.8, 4) is 0 Å². The molecule has 6 heteroatoms. The number of piperidine rings is 1. The number of carboxylic acids is 1. The highest BCUT2D eigenvalue weighted by Gasteiger charge is 2.24. The van der Waals surface area contributed by atoms with E-state index in [2.05, 4.69) is 0 Å². The lowest BCUT2D eigenvalue weighted by Gasteiger charge is -2.32. The summed E-state index contributed by atoms with van der Waals surface area (Å²) >= 11 is 0. The fourth-order valence-electron chi connectivity index (χ4n) is 2.78. The highest BCUT2D eigenvalue weighted by molar-refractivity contribution is 5.76. The Morgan fingerprint density at radius 3 is 2.60 bits per heavy atom. The van der Waals surface area contributed by atoms with Crippen LogP contribution in [0.25, 0.3) is 0 Å². The smallest absolute Gasteiger partial charge is 0.329 e. The van der Waals surface area contributed by atoms with Crippen LogP contribution in [0.2, 0.25) is 0 Å². The molecule has 0 aromatic rings. The zero-order chi connectivity index (χ0) is 14.4. The van der Waals surface area contributed by atoms with Crippen LogP contribution in [-0.4, -0.2) is 60.4 Å². The number of carboxylic acid groups (broad SMARTS) is 1. The molecule has 6 nitrogen and oxygen atoms in total. The summed E-state index contributed by atoms with van der Waals surface area (Å²) in [6.07, 6.45) is 5.20. The molecule has 2 fully saturated rings. The maximum absolute atomic E-state index is 12.1. The number of likely N-dealkylation sites (tertiary alicyclic amines) is 1. The van der Waals surface area contributed by atoms with Gasteiger partial charge in [0.2, 0.25) is 5.91 Å². The van der Waals surface area contributed by atoms with Crippen molar-refractivity contribution in [1.82, 2.24) is 4.90 Å². The van der Waals surface area contributed by atoms with Crippen molar-refractivity contribution < 1.29 is 24.2 Å². The van der Waals surface area contributed by atoms with Gasteiger partial charge in [-0.2, -0.15) is 0 Å². The zero-order valence-electron chi connectivity index (χ0n) is 11.8. The van der Waals surface area contributed by atoms with E-state index in [1.165, 1.54) is 0 Å². The molecule has 2 aliphatic heterocycles. The van der Waals surface area contributed by atoms with Crippen LogP contribution < -0.4 is 0 Å². The first kappa shape index (κ1) is 15.3. The van der Waals surface area contributed by atoms with Gasteiger partial charge in [0.05, 0.1) is 12.2 Å². The first-order valence-electron chi connectivity index (χ1n) is 7.38. The van der Waals surface area contributed by atoms with Gasteiger partial charge < -0.3 is 19.5 Å². The van der Waals surface area contributed by atoms with Crippen LogP contribution in [-0.2, 0) is 19.1 Å². The molecule has 20 heavy (non-hydrogen) atoms. The van der Waals surface area contributed by atoms with Gasteiger partial charge in [0.15, 0.2) is 0 Å². The number of hydrogen-bond acceptors (Lipinski definition) is 4. The number of nitrogens with zero attached hydrogens (tertiary/aromatic N) is 1. The zero-order valence-corrected chi connectivity index (χ0v) is 11.8. The summed E-state index contributed by atoms with van der Waals surface area (Å²) in [6, 6.07) is 0. The Morgan fingerprint density at radius 1 is 1.25 bits per heavy atom. The van der Waals surface area contributed by atoms with Crippen molar-refractivity contribution in [3.63, 3.8) is 0 Å². The lowest BCUT2D eigenvalue weighted by atomic mass is 10.1. The molecule has 1 amide bonds. The Balaban J connectivity index is 1.62. The molecule has 2 rings (SSSR count). The molecular formula is C14H23NO5. The number of amides is 1. The summed E-state index contributed by atoms with van der Waals surface area (Å²) in [5.41, 5.74) is 0. The van der Waals surface area contributed by atoms with E-state index in [-0.39, 0.29) is 24.7 Å². The van der Waals surface area contributed by atoms with Crippen LogP contribution in [0.3, 0.4) is 0 Å². The van der Waals surface area contributed by atoms with Crippen LogP contribution in [0.1, 0.15) is 38.5 Å². The average Bonchev–Trinajstić information content (AvgIpc) is 2.96. The summed E-state index contributed by atoms with van der Waals surface area (Å²) in [5.74, 6) is -0.766. The fraction of sp³-hybridized carbons (Fsp3) is 0.857. The van der Waals surface area contributed by atoms with Gasteiger partial charge in [-0.15, -0.1) is 0 Å². The number of aliphatic carboxylic acids is 1. The Labute approximate surface area is 119 Å². The van der Waals surface area contributed by atoms with E-state index in [0.29, 0.717) is 19.5 Å². The molecule has 2 heterocycles. The molecular weight excluding hydrogens is 262 g/mol. The Morgan fingerprint density at radius 2 is 2.00 bits per heavy atom. The molecule has 1 unspecified atom stereocenters. The first-order chi connectivity index (χ1) is 9.65. The van der Waals surface area contributed by atoms with Gasteiger partial charge in [-0.3, -0.25) is 4.79 Å². The van der Waals surface area contributed by atoms with Gasteiger partial charge in [0, 0.05) is 26.1 Å². The van der Waals surface area contributed by atoms with E-state index in [9.17, 15) is 9.59 Å². The van der Waals surface area contributed by atoms with E-state index in [4.69, 9.17) is 14.6 Å². The minimum atomic E-state index is -0.944. The predicted molar refractivity (Wildman–Crippen MR) is 71.4 cm³/mol. The van der Waals surface area contributed by atoms with Gasteiger partial charge in [0.1, 0.15) is 6.61 Å². The minimum Gasteiger partial charge on any atom is -0.480 e. The van der Waals surface area contributed by atoms with Crippen molar-refractivity contribution in [2.45, 2.75) is 50.7 Å². The molecule has 1 N–H and O–H groups in total. The SMILES string of the molecule is O=C(O)COC1CCN(C(=O)CCC2CCCO2)CC1. The van der Waals surface area contributed by atoms with Crippen LogP contribution in [0.15, 0.2) is 0 Å². The third-order valence-corrected chi connectivity index (χ3v) is 3.94. The Hall–Kier alpha value is -1.14. The minimum absolute atomic E-state index is 0.0340. The molecule has 2 saturated heterocycles. The summed E-state index contributed by atoms with van der Waals surface area (Å²) in [5, 5.41) is 8.56. The second kappa shape index (κ2) is 7.59. The van der Waals surface area contributed by atoms with E-state index in [1.807, 2.05) is 4.90 Å². The molecule has 0 bridgehead atoms. The van der Waals surface area contributed by atoms with E-state index in [0.717, 1.165) is 38.7 Å². The monoisotopic (exact) mass is 285 g/mol. The van der Waals surface area contributed by atoms with E-state index >= 15 is 0 Å². The number of hydrogen-bond donors (Lipinski definition) is 1. The van der Waals surface area contributed by atoms with Crippen molar-refractivity contribution in [2.24, 2.45) is 0 Å². The van der Waals surface area contributed by atoms with Gasteiger partial charge in [0.25, 0.3) is 0 Å². The number of ether oxygens (including phenoxy) is 2. The fourth-order valence-corrected chi connectivity index (χ4v) is 2.78. The topological polar surface area (TPSA) is 76.1 Å². The van der Waals surface area contributed by atoms with Crippen molar-refractivity contribution in [1.29, 1.82) is 0 Å². The summed E-state index contributed by atoms with van der Waals surface area (Å²) in [4.78, 5) is 24.3. The van der Waals surface area contributed by atoms with Gasteiger partial charge in [-0.05, 0) is 32.1 Å². The molecule has 0 aromatic carbocycles. The lowest BCUT2D eigenvalue weighted by Crippen LogP contribution is -2.41. The molecule has 0 spiro atoms. The van der Waals surface area contributed by atoms with Crippen molar-refractivity contribution >= 4 is 11.9 Å². The van der Waals surface area contributed by atoms with E-state index in [1.54, 1.807) is 0 Å². The number of carbonyl (C=O) groups excluding carboxylic acids is 1. The molecule has 2 aliphatic rings. The highest BCUT2D eigenvalue weighted by Crippen LogP contribution is 2.19. The van der Waals surface area contributed by atoms with Crippen molar-refractivity contribution in [3.05, 3.63) is 0 Å².